The van der Waals surface area contributed by atoms with Crippen LogP contribution in [0.15, 0.2) is 30.3 Å². The maximum absolute atomic E-state index is 12.4. The number of rotatable bonds is 7. The molecule has 0 saturated carbocycles. The van der Waals surface area contributed by atoms with Gasteiger partial charge in [0.1, 0.15) is 10.6 Å². The van der Waals surface area contributed by atoms with Crippen LogP contribution < -0.4 is 5.32 Å². The first-order valence-corrected chi connectivity index (χ1v) is 10.9. The van der Waals surface area contributed by atoms with Crippen LogP contribution in [0.4, 0.5) is 5.69 Å². The van der Waals surface area contributed by atoms with Gasteiger partial charge >= 0.3 is 5.97 Å². The van der Waals surface area contributed by atoms with Gasteiger partial charge in [-0.25, -0.2) is 0 Å². The quantitative estimate of drug-likeness (QED) is 0.617. The number of carbonyl (C=O) groups is 2. The van der Waals surface area contributed by atoms with E-state index in [0.717, 1.165) is 0 Å². The van der Waals surface area contributed by atoms with Crippen LogP contribution in [0.2, 0.25) is 0 Å². The monoisotopic (exact) mass is 447 g/mol. The Hall–Kier alpha value is -2.40. The summed E-state index contributed by atoms with van der Waals surface area (Å²) in [6.45, 7) is 7.09. The first-order chi connectivity index (χ1) is 14.6. The summed E-state index contributed by atoms with van der Waals surface area (Å²) < 4.78 is 5.36. The molecule has 1 aromatic heterocycles. The highest BCUT2D eigenvalue weighted by Crippen LogP contribution is 2.21. The number of amides is 1. The molecule has 31 heavy (non-hydrogen) atoms. The number of aromatic nitrogens is 2. The third-order valence-electron chi connectivity index (χ3n) is 4.75. The van der Waals surface area contributed by atoms with Crippen molar-refractivity contribution in [1.82, 2.24) is 20.0 Å². The molecule has 1 unspecified atom stereocenters. The Labute approximate surface area is 186 Å². The van der Waals surface area contributed by atoms with Gasteiger partial charge in [-0.1, -0.05) is 29.5 Å². The number of aliphatic hydroxyl groups excluding tert-OH is 1. The van der Waals surface area contributed by atoms with Gasteiger partial charge in [0.05, 0.1) is 19.2 Å². The number of benzene rings is 1. The fraction of sp³-hybridized carbons (Fsp3) is 0.524. The van der Waals surface area contributed by atoms with E-state index in [1.807, 2.05) is 48.8 Å². The number of nitrogens with one attached hydrogen (secondary N) is 1. The maximum atomic E-state index is 12.4. The van der Waals surface area contributed by atoms with E-state index in [2.05, 4.69) is 15.5 Å². The second-order valence-corrected chi connectivity index (χ2v) is 9.71. The van der Waals surface area contributed by atoms with Gasteiger partial charge in [0, 0.05) is 24.8 Å². The number of β-amino-alcohol motifs (C(OH)–C–C–N with tert-alkyl or cyclic N) is 1. The molecule has 3 rings (SSSR count). The normalized spacial score (nSPS) is 19.5. The van der Waals surface area contributed by atoms with Crippen molar-refractivity contribution in [1.29, 1.82) is 0 Å². The Balaban J connectivity index is 1.52. The SMILES string of the molecule is CN(CC(=O)OC(C)(C)C)C1CN(Cc2nnc(C(=O)Nc3ccccc3)s2)C[C@H]1O. The summed E-state index contributed by atoms with van der Waals surface area (Å²) in [6, 6.07) is 8.98. The van der Waals surface area contributed by atoms with Gasteiger partial charge in [-0.05, 0) is 40.0 Å². The Morgan fingerprint density at radius 1 is 1.26 bits per heavy atom. The van der Waals surface area contributed by atoms with Crippen LogP contribution in [0.25, 0.3) is 0 Å². The average molecular weight is 448 g/mol. The molecule has 1 saturated heterocycles. The molecule has 2 atom stereocenters. The lowest BCUT2D eigenvalue weighted by Crippen LogP contribution is -2.44. The molecule has 0 bridgehead atoms. The molecule has 0 aliphatic carbocycles. The predicted molar refractivity (Wildman–Crippen MR) is 118 cm³/mol. The van der Waals surface area contributed by atoms with Crippen molar-refractivity contribution >= 4 is 28.9 Å². The van der Waals surface area contributed by atoms with Gasteiger partial charge in [-0.2, -0.15) is 0 Å². The van der Waals surface area contributed by atoms with E-state index in [-0.39, 0.29) is 29.5 Å². The Morgan fingerprint density at radius 3 is 2.65 bits per heavy atom. The molecule has 2 aromatic rings. The average Bonchev–Trinajstić information content (AvgIpc) is 3.28. The minimum atomic E-state index is -0.596. The molecule has 0 radical (unpaired) electrons. The number of esters is 1. The molecule has 2 heterocycles. The largest absolute Gasteiger partial charge is 0.459 e. The summed E-state index contributed by atoms with van der Waals surface area (Å²) in [5.74, 6) is -0.620. The Morgan fingerprint density at radius 2 is 1.97 bits per heavy atom. The van der Waals surface area contributed by atoms with Gasteiger partial charge in [-0.3, -0.25) is 19.4 Å². The maximum Gasteiger partial charge on any atom is 0.320 e. The van der Waals surface area contributed by atoms with Crippen molar-refractivity contribution in [3.8, 4) is 0 Å². The van der Waals surface area contributed by atoms with Crippen LogP contribution in [0.3, 0.4) is 0 Å². The molecule has 2 N–H and O–H groups in total. The van der Waals surface area contributed by atoms with Crippen LogP contribution in [-0.2, 0) is 16.1 Å². The number of anilines is 1. The molecule has 1 amide bonds. The number of ether oxygens (including phenoxy) is 1. The number of para-hydroxylation sites is 1. The van der Waals surface area contributed by atoms with Gasteiger partial charge in [0.15, 0.2) is 0 Å². The van der Waals surface area contributed by atoms with E-state index in [1.54, 1.807) is 19.2 Å². The minimum Gasteiger partial charge on any atom is -0.459 e. The van der Waals surface area contributed by atoms with Crippen molar-refractivity contribution < 1.29 is 19.4 Å². The molecule has 1 aliphatic rings. The van der Waals surface area contributed by atoms with Gasteiger partial charge in [0.2, 0.25) is 5.01 Å². The Kier molecular flexibility index (Phi) is 7.37. The fourth-order valence-corrected chi connectivity index (χ4v) is 4.19. The number of carbonyl (C=O) groups excluding carboxylic acids is 2. The van der Waals surface area contributed by atoms with Crippen molar-refractivity contribution in [3.05, 3.63) is 40.3 Å². The number of likely N-dealkylation sites (N-methyl/N-ethyl adjacent to an activating group) is 1. The van der Waals surface area contributed by atoms with Crippen molar-refractivity contribution in [2.75, 3.05) is 32.0 Å². The summed E-state index contributed by atoms with van der Waals surface area (Å²) >= 11 is 1.23. The molecule has 1 fully saturated rings. The van der Waals surface area contributed by atoms with E-state index in [0.29, 0.717) is 30.3 Å². The second kappa shape index (κ2) is 9.82. The highest BCUT2D eigenvalue weighted by atomic mass is 32.1. The highest BCUT2D eigenvalue weighted by Gasteiger charge is 2.35. The first kappa shape index (κ1) is 23.3. The fourth-order valence-electron chi connectivity index (χ4n) is 3.41. The molecule has 9 nitrogen and oxygen atoms in total. The summed E-state index contributed by atoms with van der Waals surface area (Å²) in [4.78, 5) is 28.3. The van der Waals surface area contributed by atoms with Crippen LogP contribution >= 0.6 is 11.3 Å². The van der Waals surface area contributed by atoms with E-state index < -0.39 is 11.7 Å². The molecule has 0 spiro atoms. The van der Waals surface area contributed by atoms with Gasteiger partial charge in [0.25, 0.3) is 5.91 Å². The lowest BCUT2D eigenvalue weighted by atomic mass is 10.2. The van der Waals surface area contributed by atoms with Crippen molar-refractivity contribution in [2.24, 2.45) is 0 Å². The van der Waals surface area contributed by atoms with Crippen LogP contribution in [0.1, 0.15) is 35.6 Å². The van der Waals surface area contributed by atoms with Crippen molar-refractivity contribution in [2.45, 2.75) is 45.1 Å². The molecular weight excluding hydrogens is 418 g/mol. The van der Waals surface area contributed by atoms with E-state index in [4.69, 9.17) is 4.74 Å². The molecular formula is C21H29N5O4S. The molecule has 1 aromatic carbocycles. The lowest BCUT2D eigenvalue weighted by molar-refractivity contribution is -0.156. The lowest BCUT2D eigenvalue weighted by Gasteiger charge is -2.27. The van der Waals surface area contributed by atoms with Crippen LogP contribution in [-0.4, -0.2) is 81.4 Å². The summed E-state index contributed by atoms with van der Waals surface area (Å²) in [6.07, 6.45) is -0.596. The minimum absolute atomic E-state index is 0.107. The molecule has 1 aliphatic heterocycles. The van der Waals surface area contributed by atoms with E-state index in [1.165, 1.54) is 11.3 Å². The van der Waals surface area contributed by atoms with E-state index >= 15 is 0 Å². The van der Waals surface area contributed by atoms with Crippen molar-refractivity contribution in [3.63, 3.8) is 0 Å². The third kappa shape index (κ3) is 6.79. The smallest absolute Gasteiger partial charge is 0.320 e. The standard InChI is InChI=1S/C21H29N5O4S/c1-21(2,3)30-18(28)13-25(4)15-10-26(11-16(15)27)12-17-23-24-20(31-17)19(29)22-14-8-6-5-7-9-14/h5-9,15-16,27H,10-13H2,1-4H3,(H,22,29)/t15?,16-/m1/s1. The number of likely N-dealkylation sites (tertiary alicyclic amines) is 1. The third-order valence-corrected chi connectivity index (χ3v) is 5.66. The zero-order valence-electron chi connectivity index (χ0n) is 18.2. The van der Waals surface area contributed by atoms with Crippen LogP contribution in [0, 0.1) is 0 Å². The molecule has 168 valence electrons. The molecule has 10 heteroatoms. The first-order valence-electron chi connectivity index (χ1n) is 10.1. The topological polar surface area (TPSA) is 108 Å². The van der Waals surface area contributed by atoms with Crippen LogP contribution in [0.5, 0.6) is 0 Å². The number of hydrogen-bond acceptors (Lipinski definition) is 9. The zero-order valence-corrected chi connectivity index (χ0v) is 19.1. The number of nitrogens with zero attached hydrogens (tertiary/aromatic N) is 4. The number of hydrogen-bond donors (Lipinski definition) is 2. The summed E-state index contributed by atoms with van der Waals surface area (Å²) in [5, 5.41) is 22.4. The zero-order chi connectivity index (χ0) is 22.6. The number of aliphatic hydroxyl groups is 1. The highest BCUT2D eigenvalue weighted by molar-refractivity contribution is 7.13. The summed E-state index contributed by atoms with van der Waals surface area (Å²) in [5.41, 5.74) is 0.156. The summed E-state index contributed by atoms with van der Waals surface area (Å²) in [7, 11) is 1.80. The predicted octanol–water partition coefficient (Wildman–Crippen LogP) is 1.61. The second-order valence-electron chi connectivity index (χ2n) is 8.65. The van der Waals surface area contributed by atoms with Gasteiger partial charge in [-0.15, -0.1) is 10.2 Å². The Bertz CT molecular complexity index is 899. The van der Waals surface area contributed by atoms with Gasteiger partial charge < -0.3 is 15.2 Å². The van der Waals surface area contributed by atoms with E-state index in [9.17, 15) is 14.7 Å².